The molecule has 1 fully saturated rings. The first-order valence-corrected chi connectivity index (χ1v) is 8.82. The van der Waals surface area contributed by atoms with Crippen molar-refractivity contribution in [2.75, 3.05) is 13.2 Å². The lowest BCUT2D eigenvalue weighted by atomic mass is 9.93. The van der Waals surface area contributed by atoms with Gasteiger partial charge >= 0.3 is 5.97 Å². The largest absolute Gasteiger partial charge is 0.480 e. The first-order chi connectivity index (χ1) is 11.1. The van der Waals surface area contributed by atoms with Gasteiger partial charge in [0.2, 0.25) is 5.91 Å². The molecule has 1 amide bonds. The molecular weight excluding hydrogens is 314 g/mol. The molecule has 0 radical (unpaired) electrons. The molecule has 0 aromatic heterocycles. The summed E-state index contributed by atoms with van der Waals surface area (Å²) < 4.78 is 5.36. The van der Waals surface area contributed by atoms with Gasteiger partial charge in [-0.1, -0.05) is 25.1 Å². The lowest BCUT2D eigenvalue weighted by Crippen LogP contribution is -2.50. The topological polar surface area (TPSA) is 75.6 Å². The van der Waals surface area contributed by atoms with Crippen molar-refractivity contribution in [1.82, 2.24) is 5.32 Å². The van der Waals surface area contributed by atoms with E-state index in [1.165, 1.54) is 11.8 Å². The van der Waals surface area contributed by atoms with Crippen LogP contribution in [-0.4, -0.2) is 41.5 Å². The zero-order chi connectivity index (χ0) is 16.7. The summed E-state index contributed by atoms with van der Waals surface area (Å²) in [4.78, 5) is 25.0. The third kappa shape index (κ3) is 5.25. The molecule has 0 bridgehead atoms. The maximum absolute atomic E-state index is 12.5. The molecule has 0 aliphatic carbocycles. The molecule has 1 aromatic carbocycles. The van der Waals surface area contributed by atoms with Crippen LogP contribution in [0.25, 0.3) is 0 Å². The molecule has 6 heteroatoms. The highest BCUT2D eigenvalue weighted by molar-refractivity contribution is 8.00. The number of nitrogens with one attached hydrogen (secondary N) is 1. The number of hydrogen-bond acceptors (Lipinski definition) is 4. The van der Waals surface area contributed by atoms with Gasteiger partial charge in [-0.2, -0.15) is 0 Å². The normalized spacial score (nSPS) is 20.5. The molecule has 1 aliphatic rings. The molecule has 2 rings (SSSR count). The van der Waals surface area contributed by atoms with Gasteiger partial charge in [0.05, 0.1) is 11.9 Å². The maximum Gasteiger partial charge on any atom is 0.326 e. The van der Waals surface area contributed by atoms with Crippen molar-refractivity contribution in [2.45, 2.75) is 42.4 Å². The molecule has 1 aliphatic heterocycles. The zero-order valence-electron chi connectivity index (χ0n) is 13.2. The number of ether oxygens (including phenoxy) is 1. The molecule has 1 saturated heterocycles. The molecule has 1 aromatic rings. The number of carbonyl (C=O) groups is 2. The smallest absolute Gasteiger partial charge is 0.326 e. The highest BCUT2D eigenvalue weighted by Gasteiger charge is 2.33. The SMILES string of the molecule is CCC(Sc1ccccc1)C(=O)NC(C(=O)O)C1CCCOC1. The van der Waals surface area contributed by atoms with E-state index in [1.54, 1.807) is 0 Å². The van der Waals surface area contributed by atoms with Crippen LogP contribution in [0, 0.1) is 5.92 Å². The van der Waals surface area contributed by atoms with Crippen LogP contribution in [0.2, 0.25) is 0 Å². The Morgan fingerprint density at radius 3 is 2.70 bits per heavy atom. The van der Waals surface area contributed by atoms with Gasteiger partial charge < -0.3 is 15.2 Å². The fourth-order valence-electron chi connectivity index (χ4n) is 2.64. The molecule has 1 heterocycles. The second-order valence-electron chi connectivity index (χ2n) is 5.63. The monoisotopic (exact) mass is 337 g/mol. The highest BCUT2D eigenvalue weighted by Crippen LogP contribution is 2.26. The lowest BCUT2D eigenvalue weighted by Gasteiger charge is -2.29. The minimum absolute atomic E-state index is 0.163. The Labute approximate surface area is 140 Å². The number of amides is 1. The summed E-state index contributed by atoms with van der Waals surface area (Å²) in [6.07, 6.45) is 2.24. The summed E-state index contributed by atoms with van der Waals surface area (Å²) >= 11 is 1.46. The van der Waals surface area contributed by atoms with Gasteiger partial charge in [0.25, 0.3) is 0 Å². The van der Waals surface area contributed by atoms with E-state index in [0.29, 0.717) is 19.6 Å². The van der Waals surface area contributed by atoms with Crippen LogP contribution in [0.3, 0.4) is 0 Å². The van der Waals surface area contributed by atoms with Crippen molar-refractivity contribution in [1.29, 1.82) is 0 Å². The van der Waals surface area contributed by atoms with Gasteiger partial charge in [0.1, 0.15) is 6.04 Å². The molecule has 126 valence electrons. The molecule has 0 spiro atoms. The van der Waals surface area contributed by atoms with Crippen LogP contribution in [0.1, 0.15) is 26.2 Å². The van der Waals surface area contributed by atoms with E-state index in [0.717, 1.165) is 17.7 Å². The zero-order valence-corrected chi connectivity index (χ0v) is 14.1. The van der Waals surface area contributed by atoms with E-state index in [-0.39, 0.29) is 17.1 Å². The van der Waals surface area contributed by atoms with Gasteiger partial charge in [-0.25, -0.2) is 4.79 Å². The molecule has 0 saturated carbocycles. The minimum atomic E-state index is -0.992. The van der Waals surface area contributed by atoms with Gasteiger partial charge in [-0.05, 0) is 31.4 Å². The summed E-state index contributed by atoms with van der Waals surface area (Å²) in [5.74, 6) is -1.38. The average Bonchev–Trinajstić information content (AvgIpc) is 2.58. The average molecular weight is 337 g/mol. The summed E-state index contributed by atoms with van der Waals surface area (Å²) in [5, 5.41) is 11.9. The lowest BCUT2D eigenvalue weighted by molar-refractivity contribution is -0.145. The molecule has 23 heavy (non-hydrogen) atoms. The Bertz CT molecular complexity index is 517. The van der Waals surface area contributed by atoms with Crippen LogP contribution >= 0.6 is 11.8 Å². The minimum Gasteiger partial charge on any atom is -0.480 e. The molecule has 2 N–H and O–H groups in total. The predicted molar refractivity (Wildman–Crippen MR) is 89.5 cm³/mol. The first-order valence-electron chi connectivity index (χ1n) is 7.94. The van der Waals surface area contributed by atoms with Crippen LogP contribution < -0.4 is 5.32 Å². The van der Waals surface area contributed by atoms with Gasteiger partial charge in [-0.3, -0.25) is 4.79 Å². The number of hydrogen-bond donors (Lipinski definition) is 2. The number of carbonyl (C=O) groups excluding carboxylic acids is 1. The summed E-state index contributed by atoms with van der Waals surface area (Å²) in [6, 6.07) is 8.79. The Kier molecular flexibility index (Phi) is 6.92. The number of carboxylic acids is 1. The highest BCUT2D eigenvalue weighted by atomic mass is 32.2. The third-order valence-electron chi connectivity index (χ3n) is 3.92. The predicted octanol–water partition coefficient (Wildman–Crippen LogP) is 2.55. The van der Waals surface area contributed by atoms with Crippen LogP contribution in [0.4, 0.5) is 0 Å². The first kappa shape index (κ1) is 17.8. The van der Waals surface area contributed by atoms with E-state index >= 15 is 0 Å². The molecule has 3 unspecified atom stereocenters. The summed E-state index contributed by atoms with van der Waals surface area (Å²) in [6.45, 7) is 2.98. The van der Waals surface area contributed by atoms with Crippen molar-refractivity contribution < 1.29 is 19.4 Å². The molecular formula is C17H23NO4S. The number of carboxylic acid groups (broad SMARTS) is 1. The number of rotatable bonds is 7. The van der Waals surface area contributed by atoms with Crippen molar-refractivity contribution in [2.24, 2.45) is 5.92 Å². The van der Waals surface area contributed by atoms with Crippen molar-refractivity contribution in [3.63, 3.8) is 0 Å². The third-order valence-corrected chi connectivity index (χ3v) is 5.29. The van der Waals surface area contributed by atoms with Gasteiger partial charge in [0.15, 0.2) is 0 Å². The molecule has 5 nitrogen and oxygen atoms in total. The quantitative estimate of drug-likeness (QED) is 0.748. The van der Waals surface area contributed by atoms with Crippen LogP contribution in [0.5, 0.6) is 0 Å². The van der Waals surface area contributed by atoms with Crippen LogP contribution in [-0.2, 0) is 14.3 Å². The van der Waals surface area contributed by atoms with E-state index in [9.17, 15) is 14.7 Å². The second-order valence-corrected chi connectivity index (χ2v) is 6.91. The number of benzene rings is 1. The van der Waals surface area contributed by atoms with E-state index in [2.05, 4.69) is 5.32 Å². The van der Waals surface area contributed by atoms with E-state index in [4.69, 9.17) is 4.74 Å². The Hall–Kier alpha value is -1.53. The molecule has 3 atom stereocenters. The number of aliphatic carboxylic acids is 1. The summed E-state index contributed by atoms with van der Waals surface area (Å²) in [5.41, 5.74) is 0. The summed E-state index contributed by atoms with van der Waals surface area (Å²) in [7, 11) is 0. The van der Waals surface area contributed by atoms with Gasteiger partial charge in [0, 0.05) is 17.4 Å². The standard InChI is InChI=1S/C17H23NO4S/c1-2-14(23-13-8-4-3-5-9-13)16(19)18-15(17(20)21)12-7-6-10-22-11-12/h3-5,8-9,12,14-15H,2,6-7,10-11H2,1H3,(H,18,19)(H,20,21). The fraction of sp³-hybridized carbons (Fsp3) is 0.529. The Morgan fingerprint density at radius 1 is 1.39 bits per heavy atom. The van der Waals surface area contributed by atoms with Gasteiger partial charge in [-0.15, -0.1) is 11.8 Å². The van der Waals surface area contributed by atoms with Crippen molar-refractivity contribution in [3.05, 3.63) is 30.3 Å². The van der Waals surface area contributed by atoms with E-state index < -0.39 is 12.0 Å². The Morgan fingerprint density at radius 2 is 2.13 bits per heavy atom. The number of thioether (sulfide) groups is 1. The van der Waals surface area contributed by atoms with Crippen molar-refractivity contribution in [3.8, 4) is 0 Å². The van der Waals surface area contributed by atoms with Crippen LogP contribution in [0.15, 0.2) is 35.2 Å². The van der Waals surface area contributed by atoms with Crippen molar-refractivity contribution >= 4 is 23.6 Å². The maximum atomic E-state index is 12.5. The second kappa shape index (κ2) is 8.93. The Balaban J connectivity index is 1.99. The van der Waals surface area contributed by atoms with E-state index in [1.807, 2.05) is 37.3 Å². The fourth-order valence-corrected chi connectivity index (χ4v) is 3.63.